The number of hydrogen-bond acceptors (Lipinski definition) is 2. The number of rotatable bonds is 0. The molecule has 0 bridgehead atoms. The van der Waals surface area contributed by atoms with E-state index in [0.717, 1.165) is 12.0 Å². The topological polar surface area (TPSA) is 40.5 Å². The molecule has 2 N–H and O–H groups in total. The van der Waals surface area contributed by atoms with Gasteiger partial charge >= 0.3 is 0 Å². The molecular weight excluding hydrogens is 272 g/mol. The van der Waals surface area contributed by atoms with E-state index in [0.29, 0.717) is 23.2 Å². The van der Waals surface area contributed by atoms with Crippen LogP contribution in [0.15, 0.2) is 29.8 Å². The van der Waals surface area contributed by atoms with Crippen molar-refractivity contribution in [2.24, 2.45) is 17.3 Å². The summed E-state index contributed by atoms with van der Waals surface area (Å²) in [7, 11) is 0. The maximum Gasteiger partial charge on any atom is 0.115 e. The Labute approximate surface area is 132 Å². The van der Waals surface area contributed by atoms with Gasteiger partial charge in [-0.25, -0.2) is 0 Å². The van der Waals surface area contributed by atoms with Gasteiger partial charge in [0.1, 0.15) is 5.75 Å². The summed E-state index contributed by atoms with van der Waals surface area (Å²) in [5.41, 5.74) is 4.25. The molecular formula is C20H26O2. The molecule has 1 aromatic rings. The third-order valence-electron chi connectivity index (χ3n) is 6.96. The minimum atomic E-state index is -0.416. The van der Waals surface area contributed by atoms with E-state index in [1.54, 1.807) is 17.7 Å². The highest BCUT2D eigenvalue weighted by Gasteiger charge is 2.53. The molecule has 0 spiro atoms. The Morgan fingerprint density at radius 2 is 2.05 bits per heavy atom. The van der Waals surface area contributed by atoms with Crippen LogP contribution in [0.3, 0.4) is 0 Å². The van der Waals surface area contributed by atoms with Crippen molar-refractivity contribution in [1.82, 2.24) is 0 Å². The molecule has 0 aromatic heterocycles. The molecule has 3 aliphatic rings. The van der Waals surface area contributed by atoms with E-state index < -0.39 is 6.10 Å². The zero-order chi connectivity index (χ0) is 15.5. The van der Waals surface area contributed by atoms with Crippen molar-refractivity contribution in [3.8, 4) is 5.75 Å². The molecule has 0 heterocycles. The van der Waals surface area contributed by atoms with Crippen molar-refractivity contribution in [3.63, 3.8) is 0 Å². The first-order valence-electron chi connectivity index (χ1n) is 8.71. The summed E-state index contributed by atoms with van der Waals surface area (Å²) in [6.45, 7) is 4.64. The Balaban J connectivity index is 1.75. The number of benzene rings is 1. The molecule has 0 radical (unpaired) electrons. The van der Waals surface area contributed by atoms with Crippen molar-refractivity contribution >= 4 is 0 Å². The van der Waals surface area contributed by atoms with E-state index in [-0.39, 0.29) is 5.75 Å². The van der Waals surface area contributed by atoms with E-state index in [1.807, 2.05) is 0 Å². The molecule has 4 rings (SSSR count). The summed E-state index contributed by atoms with van der Waals surface area (Å²) in [5.74, 6) is 2.12. The van der Waals surface area contributed by atoms with E-state index in [4.69, 9.17) is 0 Å². The van der Waals surface area contributed by atoms with Crippen LogP contribution in [0.25, 0.3) is 0 Å². The van der Waals surface area contributed by atoms with E-state index in [2.05, 4.69) is 26.0 Å². The van der Waals surface area contributed by atoms with Gasteiger partial charge in [0.15, 0.2) is 0 Å². The van der Waals surface area contributed by atoms with Crippen LogP contribution in [0.5, 0.6) is 5.75 Å². The largest absolute Gasteiger partial charge is 0.508 e. The monoisotopic (exact) mass is 298 g/mol. The number of phenols is 1. The second-order valence-electron chi connectivity index (χ2n) is 7.75. The van der Waals surface area contributed by atoms with Crippen LogP contribution < -0.4 is 0 Å². The third-order valence-corrected chi connectivity index (χ3v) is 6.96. The Morgan fingerprint density at radius 1 is 1.23 bits per heavy atom. The lowest BCUT2D eigenvalue weighted by molar-refractivity contribution is 0.0304. The molecule has 2 heteroatoms. The van der Waals surface area contributed by atoms with Gasteiger partial charge in [-0.1, -0.05) is 24.6 Å². The van der Waals surface area contributed by atoms with Gasteiger partial charge in [0, 0.05) is 0 Å². The van der Waals surface area contributed by atoms with Gasteiger partial charge < -0.3 is 10.2 Å². The highest BCUT2D eigenvalue weighted by molar-refractivity contribution is 5.42. The molecule has 0 amide bonds. The van der Waals surface area contributed by atoms with Gasteiger partial charge in [-0.15, -0.1) is 0 Å². The first-order chi connectivity index (χ1) is 10.5. The molecule has 2 fully saturated rings. The van der Waals surface area contributed by atoms with Gasteiger partial charge in [-0.05, 0) is 85.5 Å². The third kappa shape index (κ3) is 1.83. The zero-order valence-corrected chi connectivity index (χ0v) is 13.5. The Morgan fingerprint density at radius 3 is 2.82 bits per heavy atom. The van der Waals surface area contributed by atoms with Gasteiger partial charge in [-0.3, -0.25) is 0 Å². The lowest BCUT2D eigenvalue weighted by atomic mass is 9.54. The SMILES string of the molecule is C/C=C1/CCC2C3C[C@@H](O)c4cc(O)ccc4C3CC[C@]12C. The minimum Gasteiger partial charge on any atom is -0.508 e. The number of hydrogen-bond donors (Lipinski definition) is 2. The van der Waals surface area contributed by atoms with Crippen LogP contribution >= 0.6 is 0 Å². The summed E-state index contributed by atoms with van der Waals surface area (Å²) >= 11 is 0. The normalized spacial score (nSPS) is 41.9. The summed E-state index contributed by atoms with van der Waals surface area (Å²) in [6, 6.07) is 5.61. The lowest BCUT2D eigenvalue weighted by Gasteiger charge is -2.50. The van der Waals surface area contributed by atoms with Crippen molar-refractivity contribution in [2.75, 3.05) is 0 Å². The summed E-state index contributed by atoms with van der Waals surface area (Å²) < 4.78 is 0. The van der Waals surface area contributed by atoms with Crippen LogP contribution in [-0.4, -0.2) is 10.2 Å². The molecule has 3 aliphatic carbocycles. The Hall–Kier alpha value is -1.28. The van der Waals surface area contributed by atoms with E-state index in [9.17, 15) is 10.2 Å². The van der Waals surface area contributed by atoms with Gasteiger partial charge in [-0.2, -0.15) is 0 Å². The second kappa shape index (κ2) is 4.86. The van der Waals surface area contributed by atoms with E-state index in [1.165, 1.54) is 31.2 Å². The number of aromatic hydroxyl groups is 1. The standard InChI is InChI=1S/C20H26O2/c1-3-12-4-7-18-16-11-19(22)17-10-13(21)5-6-14(17)15(16)8-9-20(12,18)2/h3,5-6,10,15-16,18-19,21-22H,4,7-9,11H2,1-2H3/b12-3-/t15?,16?,18?,19-,20-/m1/s1. The minimum absolute atomic E-state index is 0.272. The highest BCUT2D eigenvalue weighted by atomic mass is 16.3. The molecule has 3 unspecified atom stereocenters. The van der Waals surface area contributed by atoms with Crippen LogP contribution in [0.2, 0.25) is 0 Å². The molecule has 1 aromatic carbocycles. The molecule has 0 saturated heterocycles. The highest BCUT2D eigenvalue weighted by Crippen LogP contribution is 2.63. The smallest absolute Gasteiger partial charge is 0.115 e. The summed E-state index contributed by atoms with van der Waals surface area (Å²) in [6.07, 6.45) is 7.76. The van der Waals surface area contributed by atoms with E-state index >= 15 is 0 Å². The first kappa shape index (κ1) is 14.3. The fourth-order valence-corrected chi connectivity index (χ4v) is 5.90. The predicted molar refractivity (Wildman–Crippen MR) is 87.7 cm³/mol. The molecule has 118 valence electrons. The van der Waals surface area contributed by atoms with Crippen molar-refractivity contribution in [3.05, 3.63) is 41.0 Å². The average molecular weight is 298 g/mol. The molecule has 0 aliphatic heterocycles. The fourth-order valence-electron chi connectivity index (χ4n) is 5.90. The van der Waals surface area contributed by atoms with Crippen molar-refractivity contribution in [1.29, 1.82) is 0 Å². The molecule has 5 atom stereocenters. The lowest BCUT2D eigenvalue weighted by Crippen LogP contribution is -2.41. The quantitative estimate of drug-likeness (QED) is 0.682. The maximum atomic E-state index is 10.6. The maximum absolute atomic E-state index is 10.6. The molecule has 2 nitrogen and oxygen atoms in total. The van der Waals surface area contributed by atoms with Gasteiger partial charge in [0.2, 0.25) is 0 Å². The average Bonchev–Trinajstić information content (AvgIpc) is 2.84. The number of phenolic OH excluding ortho intramolecular Hbond substituents is 1. The number of aliphatic hydroxyl groups is 1. The number of fused-ring (bicyclic) bond motifs is 5. The van der Waals surface area contributed by atoms with Crippen LogP contribution in [-0.2, 0) is 0 Å². The van der Waals surface area contributed by atoms with Gasteiger partial charge in [0.05, 0.1) is 6.10 Å². The van der Waals surface area contributed by atoms with Crippen LogP contribution in [0, 0.1) is 17.3 Å². The Kier molecular flexibility index (Phi) is 3.16. The van der Waals surface area contributed by atoms with Crippen LogP contribution in [0.1, 0.15) is 69.1 Å². The summed E-state index contributed by atoms with van der Waals surface area (Å²) in [4.78, 5) is 0. The Bertz CT molecular complexity index is 633. The van der Waals surface area contributed by atoms with Crippen molar-refractivity contribution in [2.45, 2.75) is 58.0 Å². The molecule has 22 heavy (non-hydrogen) atoms. The number of aliphatic hydroxyl groups excluding tert-OH is 1. The molecule has 2 saturated carbocycles. The number of allylic oxidation sites excluding steroid dienone is 2. The summed E-state index contributed by atoms with van der Waals surface area (Å²) in [5, 5.41) is 20.4. The van der Waals surface area contributed by atoms with Crippen molar-refractivity contribution < 1.29 is 10.2 Å². The fraction of sp³-hybridized carbons (Fsp3) is 0.600. The first-order valence-corrected chi connectivity index (χ1v) is 8.71. The zero-order valence-electron chi connectivity index (χ0n) is 13.5. The second-order valence-corrected chi connectivity index (χ2v) is 7.75. The predicted octanol–water partition coefficient (Wildman–Crippen LogP) is 4.69. The van der Waals surface area contributed by atoms with Crippen LogP contribution in [0.4, 0.5) is 0 Å². The van der Waals surface area contributed by atoms with Gasteiger partial charge in [0.25, 0.3) is 0 Å².